The van der Waals surface area contributed by atoms with Crippen molar-refractivity contribution in [1.29, 1.82) is 0 Å². The van der Waals surface area contributed by atoms with Crippen LogP contribution in [0.4, 0.5) is 13.2 Å². The molecule has 17 heavy (non-hydrogen) atoms. The Morgan fingerprint density at radius 1 is 1.29 bits per heavy atom. The molecule has 1 aromatic carbocycles. The number of carbonyl (C=O) groups excluding carboxylic acids is 1. The third-order valence-electron chi connectivity index (χ3n) is 2.20. The monoisotopic (exact) mass is 304 g/mol. The van der Waals surface area contributed by atoms with Gasteiger partial charge in [-0.25, -0.2) is 18.2 Å². The van der Waals surface area contributed by atoms with Crippen LogP contribution in [-0.2, 0) is 0 Å². The zero-order chi connectivity index (χ0) is 12.7. The van der Waals surface area contributed by atoms with E-state index in [1.807, 2.05) is 0 Å². The number of carbonyl (C=O) groups is 1. The Bertz CT molecular complexity index is 645. The van der Waals surface area contributed by atoms with Crippen LogP contribution in [0.5, 0.6) is 0 Å². The van der Waals surface area contributed by atoms with E-state index in [0.717, 1.165) is 6.07 Å². The first kappa shape index (κ1) is 11.8. The second kappa shape index (κ2) is 3.99. The van der Waals surface area contributed by atoms with Gasteiger partial charge in [-0.3, -0.25) is 4.79 Å². The SMILES string of the molecule is NC(=O)c1ncc(Br)c2cc(F)c(F)c(F)c12. The number of amides is 1. The number of halogens is 4. The fourth-order valence-corrected chi connectivity index (χ4v) is 1.87. The number of primary amides is 1. The lowest BCUT2D eigenvalue weighted by Crippen LogP contribution is -2.14. The van der Waals surface area contributed by atoms with E-state index >= 15 is 0 Å². The average molecular weight is 305 g/mol. The number of hydrogen-bond acceptors (Lipinski definition) is 2. The van der Waals surface area contributed by atoms with Gasteiger partial charge in [0.2, 0.25) is 0 Å². The number of nitrogens with two attached hydrogens (primary N) is 1. The van der Waals surface area contributed by atoms with Gasteiger partial charge < -0.3 is 5.73 Å². The highest BCUT2D eigenvalue weighted by Gasteiger charge is 2.20. The molecule has 1 aromatic heterocycles. The van der Waals surface area contributed by atoms with Gasteiger partial charge in [0.25, 0.3) is 5.91 Å². The van der Waals surface area contributed by atoms with Gasteiger partial charge in [-0.05, 0) is 22.0 Å². The van der Waals surface area contributed by atoms with Crippen molar-refractivity contribution in [2.45, 2.75) is 0 Å². The summed E-state index contributed by atoms with van der Waals surface area (Å²) in [5.74, 6) is -5.52. The quantitative estimate of drug-likeness (QED) is 0.823. The van der Waals surface area contributed by atoms with Crippen molar-refractivity contribution in [3.05, 3.63) is 39.9 Å². The molecule has 0 unspecified atom stereocenters. The van der Waals surface area contributed by atoms with Crippen LogP contribution < -0.4 is 5.73 Å². The van der Waals surface area contributed by atoms with Gasteiger partial charge in [-0.2, -0.15) is 0 Å². The summed E-state index contributed by atoms with van der Waals surface area (Å²) in [7, 11) is 0. The Hall–Kier alpha value is -1.63. The number of nitrogens with zero attached hydrogens (tertiary/aromatic N) is 1. The molecule has 1 heterocycles. The number of rotatable bonds is 1. The van der Waals surface area contributed by atoms with Crippen LogP contribution in [0.15, 0.2) is 16.7 Å². The van der Waals surface area contributed by atoms with Crippen molar-refractivity contribution in [1.82, 2.24) is 4.98 Å². The van der Waals surface area contributed by atoms with Crippen molar-refractivity contribution in [2.24, 2.45) is 5.73 Å². The summed E-state index contributed by atoms with van der Waals surface area (Å²) in [6.45, 7) is 0. The number of hydrogen-bond donors (Lipinski definition) is 1. The molecule has 0 radical (unpaired) electrons. The predicted octanol–water partition coefficient (Wildman–Crippen LogP) is 2.51. The van der Waals surface area contributed by atoms with E-state index in [2.05, 4.69) is 20.9 Å². The first-order valence-corrected chi connectivity index (χ1v) is 5.14. The summed E-state index contributed by atoms with van der Waals surface area (Å²) < 4.78 is 39.9. The molecular formula is C10H4BrF3N2O. The highest BCUT2D eigenvalue weighted by atomic mass is 79.9. The van der Waals surface area contributed by atoms with Crippen LogP contribution in [0.2, 0.25) is 0 Å². The fourth-order valence-electron chi connectivity index (χ4n) is 1.46. The van der Waals surface area contributed by atoms with Crippen molar-refractivity contribution in [2.75, 3.05) is 0 Å². The van der Waals surface area contributed by atoms with E-state index in [-0.39, 0.29) is 9.86 Å². The van der Waals surface area contributed by atoms with E-state index in [1.165, 1.54) is 6.20 Å². The fraction of sp³-hybridized carbons (Fsp3) is 0. The van der Waals surface area contributed by atoms with Gasteiger partial charge in [-0.1, -0.05) is 0 Å². The van der Waals surface area contributed by atoms with Crippen LogP contribution in [0, 0.1) is 17.5 Å². The molecule has 0 bridgehead atoms. The van der Waals surface area contributed by atoms with Crippen LogP contribution in [-0.4, -0.2) is 10.9 Å². The Balaban J connectivity index is 3.04. The summed E-state index contributed by atoms with van der Waals surface area (Å²) in [5.41, 5.74) is 4.54. The molecule has 0 aliphatic heterocycles. The van der Waals surface area contributed by atoms with Crippen molar-refractivity contribution in [3.8, 4) is 0 Å². The zero-order valence-corrected chi connectivity index (χ0v) is 9.69. The molecule has 1 amide bonds. The normalized spacial score (nSPS) is 10.8. The molecule has 0 atom stereocenters. The molecule has 0 fully saturated rings. The van der Waals surface area contributed by atoms with Gasteiger partial charge in [0, 0.05) is 16.1 Å². The molecule has 2 aromatic rings. The maximum absolute atomic E-state index is 13.6. The van der Waals surface area contributed by atoms with Gasteiger partial charge in [0.15, 0.2) is 17.5 Å². The summed E-state index contributed by atoms with van der Waals surface area (Å²) in [5, 5.41) is -0.448. The maximum Gasteiger partial charge on any atom is 0.268 e. The minimum absolute atomic E-state index is 0.00907. The van der Waals surface area contributed by atoms with Crippen LogP contribution in [0.1, 0.15) is 10.5 Å². The third-order valence-corrected chi connectivity index (χ3v) is 2.83. The molecule has 0 saturated carbocycles. The van der Waals surface area contributed by atoms with Gasteiger partial charge >= 0.3 is 0 Å². The molecule has 0 saturated heterocycles. The van der Waals surface area contributed by atoms with E-state index in [4.69, 9.17) is 5.73 Å². The molecule has 88 valence electrons. The van der Waals surface area contributed by atoms with Gasteiger partial charge in [0.1, 0.15) is 5.69 Å². The van der Waals surface area contributed by atoms with E-state index in [1.54, 1.807) is 0 Å². The lowest BCUT2D eigenvalue weighted by molar-refractivity contribution is 0.0997. The van der Waals surface area contributed by atoms with E-state index in [9.17, 15) is 18.0 Å². The lowest BCUT2D eigenvalue weighted by atomic mass is 10.1. The smallest absolute Gasteiger partial charge is 0.268 e. The van der Waals surface area contributed by atoms with E-state index in [0.29, 0.717) is 0 Å². The second-order valence-electron chi connectivity index (χ2n) is 3.23. The number of aromatic nitrogens is 1. The second-order valence-corrected chi connectivity index (χ2v) is 4.08. The summed E-state index contributed by atoms with van der Waals surface area (Å²) in [4.78, 5) is 14.6. The topological polar surface area (TPSA) is 56.0 Å². The summed E-state index contributed by atoms with van der Waals surface area (Å²) in [6, 6.07) is 0.770. The predicted molar refractivity (Wildman–Crippen MR) is 57.8 cm³/mol. The minimum Gasteiger partial charge on any atom is -0.364 e. The average Bonchev–Trinajstić information content (AvgIpc) is 2.27. The van der Waals surface area contributed by atoms with Crippen molar-refractivity contribution < 1.29 is 18.0 Å². The van der Waals surface area contributed by atoms with Crippen LogP contribution in [0.25, 0.3) is 10.8 Å². The Kier molecular flexibility index (Phi) is 2.78. The van der Waals surface area contributed by atoms with Crippen LogP contribution in [0.3, 0.4) is 0 Å². The standard InChI is InChI=1S/C10H4BrF3N2O/c11-4-2-16-9(10(15)17)6-3(4)1-5(12)7(13)8(6)14/h1-2H,(H2,15,17). The molecular weight excluding hydrogens is 301 g/mol. The first-order chi connectivity index (χ1) is 7.93. The molecule has 7 heteroatoms. The number of pyridine rings is 1. The van der Waals surface area contributed by atoms with Gasteiger partial charge in [-0.15, -0.1) is 0 Å². The molecule has 0 aliphatic rings. The van der Waals surface area contributed by atoms with Crippen molar-refractivity contribution >= 4 is 32.6 Å². The number of fused-ring (bicyclic) bond motifs is 1. The summed E-state index contributed by atoms with van der Waals surface area (Å²) in [6.07, 6.45) is 1.17. The first-order valence-electron chi connectivity index (χ1n) is 4.35. The molecule has 2 N–H and O–H groups in total. The third kappa shape index (κ3) is 1.76. The highest BCUT2D eigenvalue weighted by Crippen LogP contribution is 2.30. The molecule has 3 nitrogen and oxygen atoms in total. The zero-order valence-electron chi connectivity index (χ0n) is 8.10. The lowest BCUT2D eigenvalue weighted by Gasteiger charge is -2.07. The largest absolute Gasteiger partial charge is 0.364 e. The summed E-state index contributed by atoms with van der Waals surface area (Å²) >= 11 is 3.00. The van der Waals surface area contributed by atoms with Gasteiger partial charge in [0.05, 0.1) is 5.39 Å². The Morgan fingerprint density at radius 3 is 2.53 bits per heavy atom. The van der Waals surface area contributed by atoms with Crippen LogP contribution >= 0.6 is 15.9 Å². The Morgan fingerprint density at radius 2 is 1.94 bits per heavy atom. The number of benzene rings is 1. The molecule has 0 aliphatic carbocycles. The molecule has 0 spiro atoms. The Labute approximate surface area is 102 Å². The van der Waals surface area contributed by atoms with Crippen molar-refractivity contribution in [3.63, 3.8) is 0 Å². The highest BCUT2D eigenvalue weighted by molar-refractivity contribution is 9.10. The van der Waals surface area contributed by atoms with E-state index < -0.39 is 34.4 Å². The minimum atomic E-state index is -1.67. The molecule has 2 rings (SSSR count). The maximum atomic E-state index is 13.6.